The zero-order valence-electron chi connectivity index (χ0n) is 7.46. The van der Waals surface area contributed by atoms with Gasteiger partial charge >= 0.3 is 0 Å². The lowest BCUT2D eigenvalue weighted by Crippen LogP contribution is -2.11. The molecule has 3 nitrogen and oxygen atoms in total. The van der Waals surface area contributed by atoms with Crippen LogP contribution in [0.5, 0.6) is 0 Å². The smallest absolute Gasteiger partial charge is 0.0532 e. The molecule has 2 aromatic heterocycles. The first kappa shape index (κ1) is 9.89. The van der Waals surface area contributed by atoms with Crippen LogP contribution in [0.1, 0.15) is 10.4 Å². The number of halogens is 1. The molecule has 14 heavy (non-hydrogen) atoms. The number of aromatic nitrogens is 2. The van der Waals surface area contributed by atoms with E-state index in [0.29, 0.717) is 0 Å². The topological polar surface area (TPSA) is 40.7 Å². The molecule has 0 spiro atoms. The monoisotopic (exact) mass is 271 g/mol. The van der Waals surface area contributed by atoms with Crippen molar-refractivity contribution >= 4 is 27.3 Å². The fourth-order valence-electron chi connectivity index (χ4n) is 1.15. The number of nitrogens with zero attached hydrogens (tertiary/aromatic N) is 1. The number of rotatable bonds is 4. The molecule has 5 heteroatoms. The molecule has 0 unspecified atom stereocenters. The normalized spacial score (nSPS) is 10.6. The van der Waals surface area contributed by atoms with Gasteiger partial charge in [-0.05, 0) is 27.4 Å². The third-order valence-electron chi connectivity index (χ3n) is 1.86. The maximum atomic E-state index is 3.88. The molecule has 2 aromatic rings. The first-order chi connectivity index (χ1) is 6.86. The summed E-state index contributed by atoms with van der Waals surface area (Å²) in [6, 6.07) is 2.07. The van der Waals surface area contributed by atoms with E-state index in [2.05, 4.69) is 42.9 Å². The predicted octanol–water partition coefficient (Wildman–Crippen LogP) is 2.52. The van der Waals surface area contributed by atoms with Crippen LogP contribution in [0.15, 0.2) is 28.3 Å². The Kier molecular flexibility index (Phi) is 3.34. The van der Waals surface area contributed by atoms with E-state index in [4.69, 9.17) is 0 Å². The minimum atomic E-state index is 0.848. The second kappa shape index (κ2) is 4.72. The predicted molar refractivity (Wildman–Crippen MR) is 61.2 cm³/mol. The van der Waals surface area contributed by atoms with Gasteiger partial charge in [-0.1, -0.05) is 0 Å². The van der Waals surface area contributed by atoms with Gasteiger partial charge in [-0.2, -0.15) is 5.10 Å². The number of thiophene rings is 1. The van der Waals surface area contributed by atoms with Gasteiger partial charge in [0, 0.05) is 34.2 Å². The van der Waals surface area contributed by atoms with Crippen LogP contribution in [0, 0.1) is 0 Å². The Morgan fingerprint density at radius 1 is 1.50 bits per heavy atom. The molecule has 2 N–H and O–H groups in total. The van der Waals surface area contributed by atoms with E-state index in [1.807, 2.05) is 12.4 Å². The lowest BCUT2D eigenvalue weighted by atomic mass is 10.3. The molecule has 0 saturated carbocycles. The summed E-state index contributed by atoms with van der Waals surface area (Å²) >= 11 is 5.25. The number of nitrogens with one attached hydrogen (secondary N) is 2. The van der Waals surface area contributed by atoms with Crippen molar-refractivity contribution < 1.29 is 0 Å². The Balaban J connectivity index is 1.81. The summed E-state index contributed by atoms with van der Waals surface area (Å²) in [5, 5.41) is 12.1. The first-order valence-corrected chi connectivity index (χ1v) is 5.94. The van der Waals surface area contributed by atoms with Crippen molar-refractivity contribution in [2.45, 2.75) is 13.1 Å². The molecule has 0 amide bonds. The molecular weight excluding hydrogens is 262 g/mol. The Morgan fingerprint density at radius 2 is 2.43 bits per heavy atom. The summed E-state index contributed by atoms with van der Waals surface area (Å²) in [4.78, 5) is 1.33. The van der Waals surface area contributed by atoms with E-state index in [9.17, 15) is 0 Å². The van der Waals surface area contributed by atoms with Gasteiger partial charge in [0.2, 0.25) is 0 Å². The molecule has 0 aliphatic rings. The van der Waals surface area contributed by atoms with Crippen molar-refractivity contribution in [3.63, 3.8) is 0 Å². The molecule has 0 atom stereocenters. The minimum absolute atomic E-state index is 0.848. The molecular formula is C9H10BrN3S. The van der Waals surface area contributed by atoms with E-state index in [1.165, 1.54) is 14.9 Å². The SMILES string of the molecule is Brc1ccsc1CNCc1cn[nH]c1. The lowest BCUT2D eigenvalue weighted by molar-refractivity contribution is 0.700. The third kappa shape index (κ3) is 2.43. The Labute approximate surface area is 94.7 Å². The molecule has 0 bridgehead atoms. The van der Waals surface area contributed by atoms with Gasteiger partial charge < -0.3 is 5.32 Å². The highest BCUT2D eigenvalue weighted by Crippen LogP contribution is 2.22. The van der Waals surface area contributed by atoms with E-state index in [-0.39, 0.29) is 0 Å². The number of hydrogen-bond acceptors (Lipinski definition) is 3. The molecule has 0 radical (unpaired) electrons. The summed E-state index contributed by atoms with van der Waals surface area (Å²) in [6.07, 6.45) is 3.73. The fraction of sp³-hybridized carbons (Fsp3) is 0.222. The average Bonchev–Trinajstić information content (AvgIpc) is 2.78. The van der Waals surface area contributed by atoms with Crippen LogP contribution >= 0.6 is 27.3 Å². The summed E-state index contributed by atoms with van der Waals surface area (Å²) < 4.78 is 1.18. The highest BCUT2D eigenvalue weighted by atomic mass is 79.9. The van der Waals surface area contributed by atoms with Gasteiger partial charge in [-0.3, -0.25) is 5.10 Å². The first-order valence-electron chi connectivity index (χ1n) is 4.26. The maximum Gasteiger partial charge on any atom is 0.0532 e. The minimum Gasteiger partial charge on any atom is -0.308 e. The second-order valence-electron chi connectivity index (χ2n) is 2.90. The number of aromatic amines is 1. The number of H-pyrrole nitrogens is 1. The van der Waals surface area contributed by atoms with Gasteiger partial charge in [-0.25, -0.2) is 0 Å². The third-order valence-corrected chi connectivity index (χ3v) is 3.79. The van der Waals surface area contributed by atoms with E-state index >= 15 is 0 Å². The van der Waals surface area contributed by atoms with Gasteiger partial charge in [0.1, 0.15) is 0 Å². The molecule has 0 saturated heterocycles. The summed E-state index contributed by atoms with van der Waals surface area (Å²) in [7, 11) is 0. The Hall–Kier alpha value is -0.650. The quantitative estimate of drug-likeness (QED) is 0.897. The second-order valence-corrected chi connectivity index (χ2v) is 4.76. The molecule has 0 aliphatic carbocycles. The maximum absolute atomic E-state index is 3.88. The van der Waals surface area contributed by atoms with Gasteiger partial charge in [0.25, 0.3) is 0 Å². The van der Waals surface area contributed by atoms with Crippen LogP contribution in [0.2, 0.25) is 0 Å². The summed E-state index contributed by atoms with van der Waals surface area (Å²) in [5.41, 5.74) is 1.18. The Bertz CT molecular complexity index is 382. The van der Waals surface area contributed by atoms with Crippen LogP contribution in [-0.2, 0) is 13.1 Å². The van der Waals surface area contributed by atoms with Crippen molar-refractivity contribution in [2.24, 2.45) is 0 Å². The van der Waals surface area contributed by atoms with Crippen LogP contribution in [0.4, 0.5) is 0 Å². The van der Waals surface area contributed by atoms with Crippen LogP contribution < -0.4 is 5.32 Å². The van der Waals surface area contributed by atoms with Crippen molar-refractivity contribution in [1.29, 1.82) is 0 Å². The molecule has 0 aliphatic heterocycles. The zero-order chi connectivity index (χ0) is 9.80. The molecule has 2 heterocycles. The zero-order valence-corrected chi connectivity index (χ0v) is 9.86. The van der Waals surface area contributed by atoms with Crippen LogP contribution in [0.25, 0.3) is 0 Å². The van der Waals surface area contributed by atoms with E-state index in [1.54, 1.807) is 11.3 Å². The lowest BCUT2D eigenvalue weighted by Gasteiger charge is -2.00. The van der Waals surface area contributed by atoms with Crippen molar-refractivity contribution in [2.75, 3.05) is 0 Å². The molecule has 0 aromatic carbocycles. The van der Waals surface area contributed by atoms with Gasteiger partial charge in [0.05, 0.1) is 6.20 Å². The molecule has 74 valence electrons. The molecule has 2 rings (SSSR count). The van der Waals surface area contributed by atoms with Gasteiger partial charge in [-0.15, -0.1) is 11.3 Å². The largest absolute Gasteiger partial charge is 0.308 e. The number of hydrogen-bond donors (Lipinski definition) is 2. The van der Waals surface area contributed by atoms with E-state index in [0.717, 1.165) is 13.1 Å². The summed E-state index contributed by atoms with van der Waals surface area (Å²) in [5.74, 6) is 0. The standard InChI is InChI=1S/C9H10BrN3S/c10-8-1-2-14-9(8)6-11-3-7-4-12-13-5-7/h1-2,4-5,11H,3,6H2,(H,12,13). The highest BCUT2D eigenvalue weighted by molar-refractivity contribution is 9.10. The highest BCUT2D eigenvalue weighted by Gasteiger charge is 2.00. The Morgan fingerprint density at radius 3 is 3.07 bits per heavy atom. The van der Waals surface area contributed by atoms with Gasteiger partial charge in [0.15, 0.2) is 0 Å². The van der Waals surface area contributed by atoms with Crippen molar-refractivity contribution in [1.82, 2.24) is 15.5 Å². The van der Waals surface area contributed by atoms with Crippen LogP contribution in [0.3, 0.4) is 0 Å². The fourth-order valence-corrected chi connectivity index (χ4v) is 2.61. The van der Waals surface area contributed by atoms with Crippen LogP contribution in [-0.4, -0.2) is 10.2 Å². The van der Waals surface area contributed by atoms with E-state index < -0.39 is 0 Å². The summed E-state index contributed by atoms with van der Waals surface area (Å²) in [6.45, 7) is 1.74. The molecule has 0 fully saturated rings. The van der Waals surface area contributed by atoms with Crippen molar-refractivity contribution in [3.05, 3.63) is 38.8 Å². The van der Waals surface area contributed by atoms with Crippen molar-refractivity contribution in [3.8, 4) is 0 Å². The average molecular weight is 272 g/mol.